The van der Waals surface area contributed by atoms with Crippen molar-refractivity contribution < 1.29 is 4.79 Å². The zero-order valence-electron chi connectivity index (χ0n) is 6.44. The highest BCUT2D eigenvalue weighted by molar-refractivity contribution is 5.85. The zero-order chi connectivity index (χ0) is 7.11. The van der Waals surface area contributed by atoms with Gasteiger partial charge in [-0.25, -0.2) is 0 Å². The number of nitrogens with one attached hydrogen (secondary N) is 2. The molecule has 0 aliphatic rings. The van der Waals surface area contributed by atoms with Crippen LogP contribution in [0.5, 0.6) is 0 Å². The van der Waals surface area contributed by atoms with E-state index in [1.54, 1.807) is 7.05 Å². The minimum atomic E-state index is 0. The first-order valence-electron chi connectivity index (χ1n) is 3.22. The Balaban J connectivity index is 0. The molecule has 0 fully saturated rings. The lowest BCUT2D eigenvalue weighted by Crippen LogP contribution is -2.32. The van der Waals surface area contributed by atoms with Gasteiger partial charge in [0.2, 0.25) is 5.91 Å². The predicted octanol–water partition coefficient (Wildman–Crippen LogP) is 0.154. The van der Waals surface area contributed by atoms with Crippen LogP contribution in [-0.2, 0) is 4.79 Å². The molecule has 0 saturated heterocycles. The molecule has 4 heteroatoms. The number of rotatable bonds is 4. The molecule has 1 amide bonds. The third-order valence-electron chi connectivity index (χ3n) is 0.910. The summed E-state index contributed by atoms with van der Waals surface area (Å²) >= 11 is 0. The summed E-state index contributed by atoms with van der Waals surface area (Å²) in [5, 5.41) is 5.50. The fourth-order valence-electron chi connectivity index (χ4n) is 0.487. The molecule has 0 radical (unpaired) electrons. The van der Waals surface area contributed by atoms with Crippen LogP contribution in [0.3, 0.4) is 0 Å². The predicted molar refractivity (Wildman–Crippen MR) is 44.5 cm³/mol. The lowest BCUT2D eigenvalue weighted by atomic mass is 10.4. The maximum Gasteiger partial charge on any atom is 0.233 e. The zero-order valence-corrected chi connectivity index (χ0v) is 7.25. The molecule has 0 bridgehead atoms. The summed E-state index contributed by atoms with van der Waals surface area (Å²) in [6, 6.07) is 0. The van der Waals surface area contributed by atoms with Gasteiger partial charge in [0.05, 0.1) is 6.54 Å². The van der Waals surface area contributed by atoms with Crippen LogP contribution >= 0.6 is 12.4 Å². The lowest BCUT2D eigenvalue weighted by Gasteiger charge is -2.00. The second-order valence-electron chi connectivity index (χ2n) is 1.88. The van der Waals surface area contributed by atoms with E-state index in [1.165, 1.54) is 0 Å². The van der Waals surface area contributed by atoms with E-state index in [0.29, 0.717) is 6.54 Å². The summed E-state index contributed by atoms with van der Waals surface area (Å²) in [4.78, 5) is 10.6. The molecule has 0 heterocycles. The highest BCUT2D eigenvalue weighted by Crippen LogP contribution is 1.68. The van der Waals surface area contributed by atoms with E-state index in [0.717, 1.165) is 13.0 Å². The molecule has 3 nitrogen and oxygen atoms in total. The van der Waals surface area contributed by atoms with Crippen LogP contribution in [0.1, 0.15) is 13.3 Å². The molecule has 62 valence electrons. The second kappa shape index (κ2) is 8.72. The molecule has 10 heavy (non-hydrogen) atoms. The van der Waals surface area contributed by atoms with E-state index in [-0.39, 0.29) is 18.3 Å². The van der Waals surface area contributed by atoms with Gasteiger partial charge in [0, 0.05) is 6.54 Å². The molecule has 0 aliphatic heterocycles. The summed E-state index contributed by atoms with van der Waals surface area (Å²) in [7, 11) is 1.76. The Morgan fingerprint density at radius 2 is 2.10 bits per heavy atom. The van der Waals surface area contributed by atoms with E-state index >= 15 is 0 Å². The van der Waals surface area contributed by atoms with Crippen molar-refractivity contribution in [2.45, 2.75) is 13.3 Å². The molecule has 0 aromatic rings. The first-order chi connectivity index (χ1) is 4.31. The maximum absolute atomic E-state index is 10.6. The minimum Gasteiger partial charge on any atom is -0.355 e. The number of carbonyl (C=O) groups is 1. The Labute approximate surface area is 68.0 Å². The Morgan fingerprint density at radius 3 is 2.50 bits per heavy atom. The van der Waals surface area contributed by atoms with E-state index in [1.807, 2.05) is 6.92 Å². The summed E-state index contributed by atoms with van der Waals surface area (Å²) in [6.07, 6.45) is 0.995. The van der Waals surface area contributed by atoms with Gasteiger partial charge in [-0.1, -0.05) is 6.92 Å². The van der Waals surface area contributed by atoms with Gasteiger partial charge in [-0.05, 0) is 13.5 Å². The van der Waals surface area contributed by atoms with Gasteiger partial charge in [0.25, 0.3) is 0 Å². The van der Waals surface area contributed by atoms with Crippen molar-refractivity contribution in [1.29, 1.82) is 0 Å². The molecule has 0 aliphatic carbocycles. The van der Waals surface area contributed by atoms with Crippen LogP contribution in [0.4, 0.5) is 0 Å². The largest absolute Gasteiger partial charge is 0.355 e. The van der Waals surface area contributed by atoms with Crippen molar-refractivity contribution in [3.63, 3.8) is 0 Å². The fraction of sp³-hybridized carbons (Fsp3) is 0.833. The van der Waals surface area contributed by atoms with Gasteiger partial charge in [-0.2, -0.15) is 0 Å². The van der Waals surface area contributed by atoms with E-state index in [2.05, 4.69) is 10.6 Å². The van der Waals surface area contributed by atoms with Crippen molar-refractivity contribution in [2.75, 3.05) is 20.1 Å². The Kier molecular flexibility index (Phi) is 10.8. The quantitative estimate of drug-likeness (QED) is 0.625. The van der Waals surface area contributed by atoms with E-state index in [4.69, 9.17) is 0 Å². The van der Waals surface area contributed by atoms with Gasteiger partial charge in [0.15, 0.2) is 0 Å². The average molecular weight is 167 g/mol. The standard InChI is InChI=1S/C6H14N2O.ClH/c1-3-4-8-6(9)5-7-2;/h7H,3-5H2,1-2H3,(H,8,9);1H. The maximum atomic E-state index is 10.6. The lowest BCUT2D eigenvalue weighted by molar-refractivity contribution is -0.120. The fourth-order valence-corrected chi connectivity index (χ4v) is 0.487. The molecule has 0 aromatic carbocycles. The summed E-state index contributed by atoms with van der Waals surface area (Å²) in [5.41, 5.74) is 0. The van der Waals surface area contributed by atoms with E-state index < -0.39 is 0 Å². The van der Waals surface area contributed by atoms with Gasteiger partial charge in [-0.3, -0.25) is 4.79 Å². The van der Waals surface area contributed by atoms with Gasteiger partial charge in [0.1, 0.15) is 0 Å². The van der Waals surface area contributed by atoms with Crippen molar-refractivity contribution in [2.24, 2.45) is 0 Å². The highest BCUT2D eigenvalue weighted by Gasteiger charge is 1.93. The number of amides is 1. The molecule has 0 rings (SSSR count). The molecule has 0 aromatic heterocycles. The van der Waals surface area contributed by atoms with Crippen LogP contribution in [-0.4, -0.2) is 26.0 Å². The number of hydrogen-bond donors (Lipinski definition) is 2. The van der Waals surface area contributed by atoms with Crippen LogP contribution in [0.15, 0.2) is 0 Å². The summed E-state index contributed by atoms with van der Waals surface area (Å²) in [6.45, 7) is 3.22. The SMILES string of the molecule is CCCNC(=O)CNC.Cl. The minimum absolute atomic E-state index is 0. The number of halogens is 1. The Hall–Kier alpha value is -0.280. The molecular formula is C6H15ClN2O. The number of likely N-dealkylation sites (N-methyl/N-ethyl adjacent to an activating group) is 1. The average Bonchev–Trinajstić information content (AvgIpc) is 1.85. The van der Waals surface area contributed by atoms with Crippen molar-refractivity contribution >= 4 is 18.3 Å². The van der Waals surface area contributed by atoms with Crippen LogP contribution in [0, 0.1) is 0 Å². The monoisotopic (exact) mass is 166 g/mol. The van der Waals surface area contributed by atoms with Crippen LogP contribution in [0.25, 0.3) is 0 Å². The van der Waals surface area contributed by atoms with Crippen molar-refractivity contribution in [3.8, 4) is 0 Å². The van der Waals surface area contributed by atoms with Crippen LogP contribution in [0.2, 0.25) is 0 Å². The molecular weight excluding hydrogens is 152 g/mol. The third-order valence-corrected chi connectivity index (χ3v) is 0.910. The summed E-state index contributed by atoms with van der Waals surface area (Å²) in [5.74, 6) is 0.0688. The van der Waals surface area contributed by atoms with E-state index in [9.17, 15) is 4.79 Å². The first-order valence-corrected chi connectivity index (χ1v) is 3.22. The highest BCUT2D eigenvalue weighted by atomic mass is 35.5. The van der Waals surface area contributed by atoms with Crippen molar-refractivity contribution in [1.82, 2.24) is 10.6 Å². The normalized spacial score (nSPS) is 8.20. The number of hydrogen-bond acceptors (Lipinski definition) is 2. The third kappa shape index (κ3) is 7.72. The van der Waals surface area contributed by atoms with Gasteiger partial charge in [-0.15, -0.1) is 12.4 Å². The Bertz CT molecular complexity index is 87.8. The van der Waals surface area contributed by atoms with Gasteiger partial charge < -0.3 is 10.6 Å². The van der Waals surface area contributed by atoms with Crippen LogP contribution < -0.4 is 10.6 Å². The number of carbonyl (C=O) groups excluding carboxylic acids is 1. The second-order valence-corrected chi connectivity index (χ2v) is 1.88. The molecule has 0 unspecified atom stereocenters. The molecule has 0 saturated carbocycles. The van der Waals surface area contributed by atoms with Gasteiger partial charge >= 0.3 is 0 Å². The molecule has 2 N–H and O–H groups in total. The summed E-state index contributed by atoms with van der Waals surface area (Å²) < 4.78 is 0. The Morgan fingerprint density at radius 1 is 1.50 bits per heavy atom. The topological polar surface area (TPSA) is 41.1 Å². The smallest absolute Gasteiger partial charge is 0.233 e. The molecule has 0 atom stereocenters. The van der Waals surface area contributed by atoms with Crippen molar-refractivity contribution in [3.05, 3.63) is 0 Å². The first kappa shape index (κ1) is 12.4. The molecule has 0 spiro atoms.